The maximum absolute atomic E-state index is 13.4. The molecule has 5 heteroatoms. The third-order valence-electron chi connectivity index (χ3n) is 4.82. The number of H-pyrrole nitrogens is 1. The van der Waals surface area contributed by atoms with Gasteiger partial charge in [-0.15, -0.1) is 0 Å². The first kappa shape index (κ1) is 19.5. The summed E-state index contributed by atoms with van der Waals surface area (Å²) in [6.45, 7) is 2.43. The molecule has 0 aliphatic rings. The molecule has 0 fully saturated rings. The summed E-state index contributed by atoms with van der Waals surface area (Å²) in [5.41, 5.74) is 2.31. The molecular weight excluding hydrogens is 378 g/mol. The molecule has 0 aliphatic carbocycles. The molecule has 3 aromatic carbocycles. The standard InChI is InChI=1S/C25H21NO4/c1-2-29-19-14-12-18(13-15-19)25(28)30-24(17-8-4-3-5-9-17)23(27)21-16-26-22-11-7-6-10-20(21)22/h3-16,24,26H,2H2,1H3. The van der Waals surface area contributed by atoms with Gasteiger partial charge in [-0.25, -0.2) is 4.79 Å². The fraction of sp³-hybridized carbons (Fsp3) is 0.120. The molecule has 0 saturated carbocycles. The van der Waals surface area contributed by atoms with Crippen LogP contribution in [0.3, 0.4) is 0 Å². The number of nitrogens with one attached hydrogen (secondary N) is 1. The number of fused-ring (bicyclic) bond motifs is 1. The summed E-state index contributed by atoms with van der Waals surface area (Å²) in [4.78, 5) is 29.3. The van der Waals surface area contributed by atoms with Gasteiger partial charge in [-0.2, -0.15) is 0 Å². The van der Waals surface area contributed by atoms with Crippen LogP contribution in [0.15, 0.2) is 85.1 Å². The SMILES string of the molecule is CCOc1ccc(C(=O)OC(C(=O)c2c[nH]c3ccccc23)c2ccccc2)cc1. The number of ether oxygens (including phenoxy) is 2. The molecule has 1 heterocycles. The molecule has 0 bridgehead atoms. The summed E-state index contributed by atoms with van der Waals surface area (Å²) in [6, 6.07) is 23.3. The Kier molecular flexibility index (Phi) is 5.61. The third-order valence-corrected chi connectivity index (χ3v) is 4.82. The summed E-state index contributed by atoms with van der Waals surface area (Å²) in [6.07, 6.45) is 0.609. The number of carbonyl (C=O) groups is 2. The molecule has 4 rings (SSSR count). The van der Waals surface area contributed by atoms with E-state index in [0.717, 1.165) is 10.9 Å². The molecule has 1 atom stereocenters. The van der Waals surface area contributed by atoms with Crippen molar-refractivity contribution < 1.29 is 19.1 Å². The van der Waals surface area contributed by atoms with E-state index in [0.29, 0.717) is 29.0 Å². The third kappa shape index (κ3) is 3.96. The minimum absolute atomic E-state index is 0.280. The van der Waals surface area contributed by atoms with Gasteiger partial charge >= 0.3 is 5.97 Å². The maximum atomic E-state index is 13.4. The van der Waals surface area contributed by atoms with Gasteiger partial charge in [0.2, 0.25) is 5.78 Å². The quantitative estimate of drug-likeness (QED) is 0.336. The van der Waals surface area contributed by atoms with Crippen molar-refractivity contribution in [2.75, 3.05) is 6.61 Å². The largest absolute Gasteiger partial charge is 0.494 e. The van der Waals surface area contributed by atoms with Gasteiger partial charge in [-0.3, -0.25) is 4.79 Å². The second-order valence-electron chi connectivity index (χ2n) is 6.77. The zero-order chi connectivity index (χ0) is 20.9. The molecule has 5 nitrogen and oxygen atoms in total. The van der Waals surface area contributed by atoms with Gasteiger partial charge in [0.1, 0.15) is 5.75 Å². The lowest BCUT2D eigenvalue weighted by Gasteiger charge is -2.17. The van der Waals surface area contributed by atoms with Crippen molar-refractivity contribution in [3.8, 4) is 5.75 Å². The van der Waals surface area contributed by atoms with Crippen molar-refractivity contribution in [1.29, 1.82) is 0 Å². The van der Waals surface area contributed by atoms with Crippen molar-refractivity contribution in [3.63, 3.8) is 0 Å². The Hall–Kier alpha value is -3.86. The average molecular weight is 399 g/mol. The molecule has 0 radical (unpaired) electrons. The number of hydrogen-bond donors (Lipinski definition) is 1. The second kappa shape index (κ2) is 8.66. The number of rotatable bonds is 7. The highest BCUT2D eigenvalue weighted by Gasteiger charge is 2.28. The van der Waals surface area contributed by atoms with Crippen molar-refractivity contribution >= 4 is 22.7 Å². The first-order valence-corrected chi connectivity index (χ1v) is 9.76. The first-order chi connectivity index (χ1) is 14.7. The van der Waals surface area contributed by atoms with Crippen molar-refractivity contribution in [2.24, 2.45) is 0 Å². The van der Waals surface area contributed by atoms with Gasteiger partial charge in [0, 0.05) is 28.2 Å². The Balaban J connectivity index is 1.65. The molecule has 30 heavy (non-hydrogen) atoms. The van der Waals surface area contributed by atoms with E-state index < -0.39 is 12.1 Å². The van der Waals surface area contributed by atoms with Gasteiger partial charge in [-0.1, -0.05) is 48.5 Å². The van der Waals surface area contributed by atoms with Crippen molar-refractivity contribution in [2.45, 2.75) is 13.0 Å². The van der Waals surface area contributed by atoms with Crippen LogP contribution in [0.2, 0.25) is 0 Å². The number of hydrogen-bond acceptors (Lipinski definition) is 4. The molecule has 0 spiro atoms. The van der Waals surface area contributed by atoms with Crippen LogP contribution in [-0.2, 0) is 4.74 Å². The van der Waals surface area contributed by atoms with Crippen molar-refractivity contribution in [1.82, 2.24) is 4.98 Å². The van der Waals surface area contributed by atoms with Crippen LogP contribution in [-0.4, -0.2) is 23.3 Å². The Morgan fingerprint density at radius 1 is 0.900 bits per heavy atom. The zero-order valence-corrected chi connectivity index (χ0v) is 16.5. The number of ketones is 1. The predicted molar refractivity (Wildman–Crippen MR) is 115 cm³/mol. The highest BCUT2D eigenvalue weighted by Crippen LogP contribution is 2.28. The van der Waals surface area contributed by atoms with E-state index >= 15 is 0 Å². The lowest BCUT2D eigenvalue weighted by atomic mass is 9.99. The van der Waals surface area contributed by atoms with Gasteiger partial charge in [-0.05, 0) is 37.3 Å². The number of benzene rings is 3. The normalized spacial score (nSPS) is 11.8. The Labute approximate surface area is 174 Å². The zero-order valence-electron chi connectivity index (χ0n) is 16.5. The van der Waals surface area contributed by atoms with Crippen LogP contribution in [0.1, 0.15) is 39.3 Å². The topological polar surface area (TPSA) is 68.4 Å². The summed E-state index contributed by atoms with van der Waals surface area (Å²) >= 11 is 0. The summed E-state index contributed by atoms with van der Waals surface area (Å²) in [7, 11) is 0. The molecule has 1 unspecified atom stereocenters. The molecule has 0 saturated heterocycles. The van der Waals surface area contributed by atoms with Gasteiger partial charge in [0.15, 0.2) is 6.10 Å². The number of aromatic nitrogens is 1. The fourth-order valence-corrected chi connectivity index (χ4v) is 3.35. The summed E-state index contributed by atoms with van der Waals surface area (Å²) in [5, 5.41) is 0.792. The average Bonchev–Trinajstić information content (AvgIpc) is 3.22. The van der Waals surface area contributed by atoms with E-state index in [9.17, 15) is 9.59 Å². The highest BCUT2D eigenvalue weighted by atomic mass is 16.5. The molecule has 150 valence electrons. The number of esters is 1. The Morgan fingerprint density at radius 3 is 2.33 bits per heavy atom. The van der Waals surface area contributed by atoms with Crippen LogP contribution in [0.25, 0.3) is 10.9 Å². The molecule has 0 amide bonds. The lowest BCUT2D eigenvalue weighted by Crippen LogP contribution is -2.20. The lowest BCUT2D eigenvalue weighted by molar-refractivity contribution is 0.0280. The van der Waals surface area contributed by atoms with Gasteiger partial charge in [0.05, 0.1) is 12.2 Å². The van der Waals surface area contributed by atoms with E-state index in [2.05, 4.69) is 4.98 Å². The Bertz CT molecular complexity index is 1160. The van der Waals surface area contributed by atoms with E-state index in [1.807, 2.05) is 49.4 Å². The smallest absolute Gasteiger partial charge is 0.339 e. The van der Waals surface area contributed by atoms with E-state index in [1.165, 1.54) is 0 Å². The van der Waals surface area contributed by atoms with Gasteiger partial charge < -0.3 is 14.5 Å². The number of carbonyl (C=O) groups excluding carboxylic acids is 2. The van der Waals surface area contributed by atoms with Crippen LogP contribution in [0.5, 0.6) is 5.75 Å². The fourth-order valence-electron chi connectivity index (χ4n) is 3.35. The predicted octanol–water partition coefficient (Wildman–Crippen LogP) is 5.35. The second-order valence-corrected chi connectivity index (χ2v) is 6.77. The van der Waals surface area contributed by atoms with E-state index in [-0.39, 0.29) is 5.78 Å². The van der Waals surface area contributed by atoms with Crippen LogP contribution in [0, 0.1) is 0 Å². The highest BCUT2D eigenvalue weighted by molar-refractivity contribution is 6.11. The monoisotopic (exact) mass is 399 g/mol. The minimum Gasteiger partial charge on any atom is -0.494 e. The van der Waals surface area contributed by atoms with E-state index in [4.69, 9.17) is 9.47 Å². The number of para-hydroxylation sites is 1. The number of aromatic amines is 1. The number of Topliss-reactive ketones (excluding diaryl/α,β-unsaturated/α-hetero) is 1. The van der Waals surface area contributed by atoms with Crippen molar-refractivity contribution in [3.05, 3.63) is 102 Å². The maximum Gasteiger partial charge on any atom is 0.339 e. The molecule has 0 aliphatic heterocycles. The molecule has 1 aromatic heterocycles. The molecule has 1 N–H and O–H groups in total. The molecular formula is C25H21NO4. The van der Waals surface area contributed by atoms with Crippen LogP contribution < -0.4 is 4.74 Å². The Morgan fingerprint density at radius 2 is 1.60 bits per heavy atom. The first-order valence-electron chi connectivity index (χ1n) is 9.76. The summed E-state index contributed by atoms with van der Waals surface area (Å²) < 4.78 is 11.1. The van der Waals surface area contributed by atoms with Crippen LogP contribution in [0.4, 0.5) is 0 Å². The van der Waals surface area contributed by atoms with E-state index in [1.54, 1.807) is 42.6 Å². The van der Waals surface area contributed by atoms with Crippen LogP contribution >= 0.6 is 0 Å². The minimum atomic E-state index is -1.05. The summed E-state index contributed by atoms with van der Waals surface area (Å²) in [5.74, 6) is -0.179. The van der Waals surface area contributed by atoms with Gasteiger partial charge in [0.25, 0.3) is 0 Å². The molecule has 4 aromatic rings.